The lowest BCUT2D eigenvalue weighted by Crippen LogP contribution is -2.05. The lowest BCUT2D eigenvalue weighted by molar-refractivity contribution is -0.143. The molecule has 0 saturated heterocycles. The number of ketones is 1. The Labute approximate surface area is 182 Å². The van der Waals surface area contributed by atoms with Gasteiger partial charge in [0.2, 0.25) is 0 Å². The average molecular weight is 424 g/mol. The number of carbonyl (C=O) groups is 2. The maximum Gasteiger partial charge on any atom is 0.305 e. The van der Waals surface area contributed by atoms with Gasteiger partial charge in [-0.3, -0.25) is 9.59 Å². The van der Waals surface area contributed by atoms with Crippen LogP contribution in [0.15, 0.2) is 40.9 Å². The Kier molecular flexibility index (Phi) is 7.28. The van der Waals surface area contributed by atoms with Gasteiger partial charge in [0.25, 0.3) is 0 Å². The van der Waals surface area contributed by atoms with Crippen LogP contribution in [0.25, 0.3) is 6.08 Å². The van der Waals surface area contributed by atoms with Crippen LogP contribution in [0.4, 0.5) is 0 Å². The van der Waals surface area contributed by atoms with E-state index in [1.165, 1.54) is 0 Å². The molecule has 2 aromatic heterocycles. The quantitative estimate of drug-likeness (QED) is 0.330. The van der Waals surface area contributed by atoms with E-state index in [0.29, 0.717) is 49.3 Å². The number of aliphatic imine (C=N–C) groups is 1. The normalized spacial score (nSPS) is 14.5. The molecule has 0 aliphatic carbocycles. The van der Waals surface area contributed by atoms with E-state index in [9.17, 15) is 9.59 Å². The zero-order valence-electron chi connectivity index (χ0n) is 18.5. The smallest absolute Gasteiger partial charge is 0.305 e. The summed E-state index contributed by atoms with van der Waals surface area (Å²) < 4.78 is 10.4. The fraction of sp³-hybridized carbons (Fsp3) is 0.375. The van der Waals surface area contributed by atoms with Crippen molar-refractivity contribution in [1.29, 1.82) is 0 Å². The van der Waals surface area contributed by atoms with E-state index in [2.05, 4.69) is 15.0 Å². The summed E-state index contributed by atoms with van der Waals surface area (Å²) in [7, 11) is 1.62. The van der Waals surface area contributed by atoms with Crippen LogP contribution in [0.3, 0.4) is 0 Å². The molecule has 1 aliphatic heterocycles. The molecule has 0 fully saturated rings. The SMILES string of the molecule is CCOC(=O)CCCCC(=O)c1c(C)[nH]c(/C=C2\N=C(c3ccc[nH]3)C=C2OC)c1C. The fourth-order valence-electron chi connectivity index (χ4n) is 3.70. The second-order valence-corrected chi connectivity index (χ2v) is 7.42. The monoisotopic (exact) mass is 423 g/mol. The van der Waals surface area contributed by atoms with Crippen molar-refractivity contribution in [3.63, 3.8) is 0 Å². The Morgan fingerprint density at radius 1 is 1.19 bits per heavy atom. The highest BCUT2D eigenvalue weighted by Crippen LogP contribution is 2.28. The number of esters is 1. The zero-order chi connectivity index (χ0) is 22.4. The minimum atomic E-state index is -0.212. The van der Waals surface area contributed by atoms with E-state index in [-0.39, 0.29) is 11.8 Å². The zero-order valence-corrected chi connectivity index (χ0v) is 18.5. The first kappa shape index (κ1) is 22.3. The van der Waals surface area contributed by atoms with Gasteiger partial charge in [-0.05, 0) is 57.4 Å². The number of methoxy groups -OCH3 is 1. The van der Waals surface area contributed by atoms with Crippen LogP contribution >= 0.6 is 0 Å². The molecule has 1 aliphatic rings. The van der Waals surface area contributed by atoms with Crippen LogP contribution in [0.2, 0.25) is 0 Å². The third kappa shape index (κ3) is 5.23. The van der Waals surface area contributed by atoms with Crippen LogP contribution in [0.5, 0.6) is 0 Å². The number of hydrogen-bond acceptors (Lipinski definition) is 5. The van der Waals surface area contributed by atoms with Crippen molar-refractivity contribution in [3.05, 3.63) is 64.1 Å². The maximum absolute atomic E-state index is 12.8. The molecular weight excluding hydrogens is 394 g/mol. The van der Waals surface area contributed by atoms with Crippen molar-refractivity contribution < 1.29 is 19.1 Å². The fourth-order valence-corrected chi connectivity index (χ4v) is 3.70. The van der Waals surface area contributed by atoms with Gasteiger partial charge in [-0.15, -0.1) is 0 Å². The van der Waals surface area contributed by atoms with Gasteiger partial charge in [-0.25, -0.2) is 4.99 Å². The Hall–Kier alpha value is -3.35. The first-order chi connectivity index (χ1) is 14.9. The van der Waals surface area contributed by atoms with E-state index in [0.717, 1.165) is 28.4 Å². The third-order valence-corrected chi connectivity index (χ3v) is 5.23. The van der Waals surface area contributed by atoms with E-state index < -0.39 is 0 Å². The predicted molar refractivity (Wildman–Crippen MR) is 120 cm³/mol. The molecular formula is C24H29N3O4. The Morgan fingerprint density at radius 3 is 2.65 bits per heavy atom. The van der Waals surface area contributed by atoms with Crippen LogP contribution in [-0.4, -0.2) is 41.1 Å². The van der Waals surface area contributed by atoms with Crippen LogP contribution in [0.1, 0.15) is 65.6 Å². The van der Waals surface area contributed by atoms with Gasteiger partial charge in [0.05, 0.1) is 25.1 Å². The van der Waals surface area contributed by atoms with Crippen molar-refractivity contribution in [2.45, 2.75) is 46.5 Å². The summed E-state index contributed by atoms with van der Waals surface area (Å²) in [6.45, 7) is 6.00. The predicted octanol–water partition coefficient (Wildman–Crippen LogP) is 4.64. The minimum Gasteiger partial charge on any atom is -0.494 e. The third-order valence-electron chi connectivity index (χ3n) is 5.23. The summed E-state index contributed by atoms with van der Waals surface area (Å²) in [5.74, 6) is 0.531. The second-order valence-electron chi connectivity index (χ2n) is 7.42. The van der Waals surface area contributed by atoms with Gasteiger partial charge in [0, 0.05) is 42.1 Å². The molecule has 0 amide bonds. The summed E-state index contributed by atoms with van der Waals surface area (Å²) in [6, 6.07) is 3.87. The number of hydrogen-bond donors (Lipinski definition) is 2. The number of carbonyl (C=O) groups excluding carboxylic acids is 2. The van der Waals surface area contributed by atoms with Crippen LogP contribution < -0.4 is 0 Å². The van der Waals surface area contributed by atoms with Gasteiger partial charge < -0.3 is 19.4 Å². The number of aromatic nitrogens is 2. The highest BCUT2D eigenvalue weighted by atomic mass is 16.5. The number of unbranched alkanes of at least 4 members (excludes halogenated alkanes) is 1. The Bertz CT molecular complexity index is 1040. The Morgan fingerprint density at radius 2 is 1.97 bits per heavy atom. The molecule has 0 radical (unpaired) electrons. The molecule has 2 aromatic rings. The van der Waals surface area contributed by atoms with Crippen LogP contribution in [-0.2, 0) is 14.3 Å². The molecule has 2 N–H and O–H groups in total. The van der Waals surface area contributed by atoms with Gasteiger partial charge in [-0.2, -0.15) is 0 Å². The van der Waals surface area contributed by atoms with E-state index in [1.807, 2.05) is 44.3 Å². The number of aryl methyl sites for hydroxylation is 1. The summed E-state index contributed by atoms with van der Waals surface area (Å²) >= 11 is 0. The number of ether oxygens (including phenoxy) is 2. The summed E-state index contributed by atoms with van der Waals surface area (Å²) in [6.07, 6.45) is 7.68. The molecule has 0 unspecified atom stereocenters. The average Bonchev–Trinajstić information content (AvgIpc) is 3.45. The first-order valence-corrected chi connectivity index (χ1v) is 10.5. The molecule has 3 rings (SSSR count). The van der Waals surface area contributed by atoms with E-state index in [1.54, 1.807) is 14.0 Å². The van der Waals surface area contributed by atoms with Crippen molar-refractivity contribution in [2.24, 2.45) is 4.99 Å². The number of allylic oxidation sites excluding steroid dienone is 1. The molecule has 0 bridgehead atoms. The molecule has 0 aromatic carbocycles. The number of nitrogens with zero attached hydrogens (tertiary/aromatic N) is 1. The number of rotatable bonds is 10. The van der Waals surface area contributed by atoms with Crippen molar-refractivity contribution in [2.75, 3.05) is 13.7 Å². The molecule has 3 heterocycles. The van der Waals surface area contributed by atoms with Crippen molar-refractivity contribution >= 4 is 23.5 Å². The Balaban J connectivity index is 1.73. The summed E-state index contributed by atoms with van der Waals surface area (Å²) in [5.41, 5.74) is 5.67. The maximum atomic E-state index is 12.8. The lowest BCUT2D eigenvalue weighted by Gasteiger charge is -2.04. The number of Topliss-reactive ketones (excluding diaryl/α,β-unsaturated/α-hetero) is 1. The molecule has 0 spiro atoms. The van der Waals surface area contributed by atoms with E-state index >= 15 is 0 Å². The van der Waals surface area contributed by atoms with E-state index in [4.69, 9.17) is 9.47 Å². The standard InChI is InChI=1S/C24H29N3O4/c1-5-31-23(29)11-7-6-10-21(28)24-15(2)18(26-16(24)3)13-20-22(30-4)14-19(27-20)17-9-8-12-25-17/h8-9,12-14,25-26H,5-7,10-11H2,1-4H3/b20-13-. The minimum absolute atomic E-state index is 0.0734. The number of nitrogens with one attached hydrogen (secondary N) is 2. The van der Waals surface area contributed by atoms with Gasteiger partial charge in [0.1, 0.15) is 11.5 Å². The summed E-state index contributed by atoms with van der Waals surface area (Å²) in [5, 5.41) is 0. The topological polar surface area (TPSA) is 96.5 Å². The molecule has 7 heteroatoms. The number of aromatic amines is 2. The van der Waals surface area contributed by atoms with Crippen molar-refractivity contribution in [3.8, 4) is 0 Å². The van der Waals surface area contributed by atoms with Crippen LogP contribution in [0, 0.1) is 13.8 Å². The lowest BCUT2D eigenvalue weighted by atomic mass is 10.0. The van der Waals surface area contributed by atoms with Gasteiger partial charge in [-0.1, -0.05) is 0 Å². The highest BCUT2D eigenvalue weighted by molar-refractivity contribution is 6.11. The molecule has 164 valence electrons. The molecule has 0 atom stereocenters. The van der Waals surface area contributed by atoms with Crippen molar-refractivity contribution in [1.82, 2.24) is 9.97 Å². The summed E-state index contributed by atoms with van der Waals surface area (Å²) in [4.78, 5) is 35.4. The van der Waals surface area contributed by atoms with Gasteiger partial charge in [0.15, 0.2) is 5.78 Å². The molecule has 7 nitrogen and oxygen atoms in total. The van der Waals surface area contributed by atoms with Gasteiger partial charge >= 0.3 is 5.97 Å². The number of H-pyrrole nitrogens is 2. The molecule has 0 saturated carbocycles. The largest absolute Gasteiger partial charge is 0.494 e. The second kappa shape index (κ2) is 10.1. The first-order valence-electron chi connectivity index (χ1n) is 10.5. The highest BCUT2D eigenvalue weighted by Gasteiger charge is 2.21. The molecule has 31 heavy (non-hydrogen) atoms.